The lowest BCUT2D eigenvalue weighted by molar-refractivity contribution is -0.385. The maximum absolute atomic E-state index is 13.5. The Morgan fingerprint density at radius 1 is 1.59 bits per heavy atom. The van der Waals surface area contributed by atoms with Gasteiger partial charge in [0.1, 0.15) is 0 Å². The highest BCUT2D eigenvalue weighted by molar-refractivity contribution is 5.50. The largest absolute Gasteiger partial charge is 0.385 e. The summed E-state index contributed by atoms with van der Waals surface area (Å²) in [6.45, 7) is 2.46. The molecule has 1 aromatic rings. The van der Waals surface area contributed by atoms with Gasteiger partial charge in [-0.15, -0.1) is 0 Å². The third kappa shape index (κ3) is 3.99. The third-order valence-corrected chi connectivity index (χ3v) is 2.32. The number of nitro benzene ring substituents is 1. The van der Waals surface area contributed by atoms with Crippen molar-refractivity contribution in [2.24, 2.45) is 0 Å². The Morgan fingerprint density at radius 3 is 2.82 bits per heavy atom. The lowest BCUT2D eigenvalue weighted by Gasteiger charge is -2.15. The van der Waals surface area contributed by atoms with Crippen molar-refractivity contribution in [2.45, 2.75) is 19.4 Å². The van der Waals surface area contributed by atoms with Crippen molar-refractivity contribution in [3.05, 3.63) is 34.1 Å². The van der Waals surface area contributed by atoms with Gasteiger partial charge in [-0.1, -0.05) is 0 Å². The van der Waals surface area contributed by atoms with Gasteiger partial charge in [0.25, 0.3) is 5.69 Å². The lowest BCUT2D eigenvalue weighted by Crippen LogP contribution is -2.18. The predicted octanol–water partition coefficient (Wildman–Crippen LogP) is 2.57. The molecule has 0 aliphatic heterocycles. The van der Waals surface area contributed by atoms with Crippen LogP contribution in [0.3, 0.4) is 0 Å². The number of methoxy groups -OCH3 is 1. The molecule has 0 amide bonds. The Bertz CT molecular complexity index is 398. The van der Waals surface area contributed by atoms with Crippen LogP contribution in [0.4, 0.5) is 15.8 Å². The van der Waals surface area contributed by atoms with Crippen molar-refractivity contribution >= 4 is 11.4 Å². The molecule has 5 nitrogen and oxygen atoms in total. The number of ether oxygens (including phenoxy) is 1. The number of anilines is 1. The van der Waals surface area contributed by atoms with Gasteiger partial charge in [-0.2, -0.15) is 0 Å². The maximum Gasteiger partial charge on any atom is 0.272 e. The first kappa shape index (κ1) is 13.4. The molecule has 94 valence electrons. The summed E-state index contributed by atoms with van der Waals surface area (Å²) in [6, 6.07) is 3.59. The van der Waals surface area contributed by atoms with Crippen LogP contribution in [0.1, 0.15) is 13.3 Å². The van der Waals surface area contributed by atoms with Crippen LogP contribution >= 0.6 is 0 Å². The van der Waals surface area contributed by atoms with Crippen LogP contribution in [0.25, 0.3) is 0 Å². The molecule has 0 aliphatic carbocycles. The highest BCUT2D eigenvalue weighted by Crippen LogP contribution is 2.21. The Kier molecular flexibility index (Phi) is 4.84. The van der Waals surface area contributed by atoms with E-state index in [0.717, 1.165) is 12.5 Å². The number of hydrogen-bond donors (Lipinski definition) is 1. The minimum absolute atomic E-state index is 0.0332. The third-order valence-electron chi connectivity index (χ3n) is 2.32. The Hall–Kier alpha value is -1.69. The number of nitro groups is 1. The van der Waals surface area contributed by atoms with E-state index in [2.05, 4.69) is 5.32 Å². The summed E-state index contributed by atoms with van der Waals surface area (Å²) in [7, 11) is 1.60. The summed E-state index contributed by atoms with van der Waals surface area (Å²) in [6.07, 6.45) is 0.729. The second kappa shape index (κ2) is 6.15. The number of hydrogen-bond acceptors (Lipinski definition) is 4. The fraction of sp³-hybridized carbons (Fsp3) is 0.455. The molecule has 0 heterocycles. The molecule has 0 unspecified atom stereocenters. The van der Waals surface area contributed by atoms with Crippen molar-refractivity contribution in [2.75, 3.05) is 19.0 Å². The summed E-state index contributed by atoms with van der Waals surface area (Å²) < 4.78 is 18.4. The van der Waals surface area contributed by atoms with Gasteiger partial charge in [0.05, 0.1) is 16.7 Å². The first-order valence-corrected chi connectivity index (χ1v) is 5.24. The van der Waals surface area contributed by atoms with Crippen LogP contribution in [0.5, 0.6) is 0 Å². The molecule has 0 fully saturated rings. The van der Waals surface area contributed by atoms with Gasteiger partial charge in [0.2, 0.25) is 0 Å². The molecule has 0 aromatic heterocycles. The van der Waals surface area contributed by atoms with Gasteiger partial charge >= 0.3 is 0 Å². The first-order chi connectivity index (χ1) is 8.04. The van der Waals surface area contributed by atoms with Gasteiger partial charge < -0.3 is 10.1 Å². The van der Waals surface area contributed by atoms with Crippen molar-refractivity contribution in [3.8, 4) is 0 Å². The van der Waals surface area contributed by atoms with Crippen LogP contribution < -0.4 is 5.32 Å². The van der Waals surface area contributed by atoms with Crippen LogP contribution in [0.15, 0.2) is 18.2 Å². The average Bonchev–Trinajstić information content (AvgIpc) is 2.28. The number of benzene rings is 1. The SMILES string of the molecule is COCC[C@H](C)Nc1ccc([N+](=O)[O-])cc1F. The number of rotatable bonds is 6. The Labute approximate surface area is 98.7 Å². The summed E-state index contributed by atoms with van der Waals surface area (Å²) in [5.74, 6) is -0.622. The van der Waals surface area contributed by atoms with Gasteiger partial charge in [0, 0.05) is 25.8 Å². The van der Waals surface area contributed by atoms with Crippen LogP contribution in [-0.4, -0.2) is 24.7 Å². The molecule has 1 atom stereocenters. The van der Waals surface area contributed by atoms with Crippen molar-refractivity contribution in [1.82, 2.24) is 0 Å². The molecule has 17 heavy (non-hydrogen) atoms. The zero-order chi connectivity index (χ0) is 12.8. The smallest absolute Gasteiger partial charge is 0.272 e. The molecular formula is C11H15FN2O3. The molecular weight excluding hydrogens is 227 g/mol. The van der Waals surface area contributed by atoms with Gasteiger partial charge in [-0.3, -0.25) is 10.1 Å². The summed E-state index contributed by atoms with van der Waals surface area (Å²) in [5.41, 5.74) is 0.0109. The molecule has 0 spiro atoms. The normalized spacial score (nSPS) is 12.2. The highest BCUT2D eigenvalue weighted by atomic mass is 19.1. The fourth-order valence-electron chi connectivity index (χ4n) is 1.37. The first-order valence-electron chi connectivity index (χ1n) is 5.24. The summed E-state index contributed by atoms with van der Waals surface area (Å²) in [4.78, 5) is 9.81. The van der Waals surface area contributed by atoms with Crippen molar-refractivity contribution in [1.29, 1.82) is 0 Å². The Balaban J connectivity index is 2.69. The zero-order valence-electron chi connectivity index (χ0n) is 9.77. The topological polar surface area (TPSA) is 64.4 Å². The van der Waals surface area contributed by atoms with Gasteiger partial charge in [-0.05, 0) is 19.4 Å². The van der Waals surface area contributed by atoms with Crippen LogP contribution in [0, 0.1) is 15.9 Å². The minimum Gasteiger partial charge on any atom is -0.385 e. The van der Waals surface area contributed by atoms with E-state index in [0.29, 0.717) is 6.61 Å². The monoisotopic (exact) mass is 242 g/mol. The van der Waals surface area contributed by atoms with E-state index in [1.165, 1.54) is 12.1 Å². The van der Waals surface area contributed by atoms with E-state index < -0.39 is 10.7 Å². The number of nitrogens with zero attached hydrogens (tertiary/aromatic N) is 1. The molecule has 1 aromatic carbocycles. The molecule has 1 rings (SSSR count). The molecule has 0 saturated heterocycles. The molecule has 0 aliphatic rings. The quantitative estimate of drug-likeness (QED) is 0.615. The molecule has 0 radical (unpaired) electrons. The van der Waals surface area contributed by atoms with E-state index in [1.807, 2.05) is 6.92 Å². The maximum atomic E-state index is 13.5. The average molecular weight is 242 g/mol. The Morgan fingerprint density at radius 2 is 2.29 bits per heavy atom. The van der Waals surface area contributed by atoms with E-state index in [-0.39, 0.29) is 17.4 Å². The van der Waals surface area contributed by atoms with E-state index in [4.69, 9.17) is 4.74 Å². The van der Waals surface area contributed by atoms with Crippen LogP contribution in [-0.2, 0) is 4.74 Å². The summed E-state index contributed by atoms with van der Waals surface area (Å²) in [5, 5.41) is 13.4. The highest BCUT2D eigenvalue weighted by Gasteiger charge is 2.12. The van der Waals surface area contributed by atoms with Crippen molar-refractivity contribution in [3.63, 3.8) is 0 Å². The fourth-order valence-corrected chi connectivity index (χ4v) is 1.37. The van der Waals surface area contributed by atoms with E-state index in [9.17, 15) is 14.5 Å². The number of non-ortho nitro benzene ring substituents is 1. The number of halogens is 1. The zero-order valence-corrected chi connectivity index (χ0v) is 9.77. The molecule has 6 heteroatoms. The van der Waals surface area contributed by atoms with Gasteiger partial charge in [0.15, 0.2) is 5.82 Å². The van der Waals surface area contributed by atoms with E-state index in [1.54, 1.807) is 7.11 Å². The minimum atomic E-state index is -0.624. The second-order valence-corrected chi connectivity index (χ2v) is 3.75. The second-order valence-electron chi connectivity index (χ2n) is 3.75. The molecule has 0 bridgehead atoms. The van der Waals surface area contributed by atoms with Gasteiger partial charge in [-0.25, -0.2) is 4.39 Å². The lowest BCUT2D eigenvalue weighted by atomic mass is 10.2. The molecule has 0 saturated carbocycles. The number of nitrogens with one attached hydrogen (secondary N) is 1. The van der Waals surface area contributed by atoms with Crippen molar-refractivity contribution < 1.29 is 14.1 Å². The summed E-state index contributed by atoms with van der Waals surface area (Å²) >= 11 is 0. The predicted molar refractivity (Wildman–Crippen MR) is 62.6 cm³/mol. The van der Waals surface area contributed by atoms with Crippen LogP contribution in [0.2, 0.25) is 0 Å². The molecule has 1 N–H and O–H groups in total. The van der Waals surface area contributed by atoms with E-state index >= 15 is 0 Å². The standard InChI is InChI=1S/C11H15FN2O3/c1-8(5-6-17-2)13-11-4-3-9(14(15)16)7-10(11)12/h3-4,7-8,13H,5-6H2,1-2H3/t8-/m0/s1.